The lowest BCUT2D eigenvalue weighted by Gasteiger charge is -2.47. The quantitative estimate of drug-likeness (QED) is 0.654. The van der Waals surface area contributed by atoms with Crippen molar-refractivity contribution in [2.45, 2.75) is 64.9 Å². The number of piperidine rings is 1. The summed E-state index contributed by atoms with van der Waals surface area (Å²) in [6.07, 6.45) is -7.85. The molecule has 2 heterocycles. The minimum Gasteiger partial charge on any atom is -0.493 e. The smallest absolute Gasteiger partial charge is 0.323 e. The maximum absolute atomic E-state index is 13.7. The fourth-order valence-corrected chi connectivity index (χ4v) is 3.18. The van der Waals surface area contributed by atoms with E-state index in [0.717, 1.165) is 0 Å². The number of nitrogens with two attached hydrogens (primary N) is 1. The Kier molecular flexibility index (Phi) is 2.44. The third kappa shape index (κ3) is 4.75. The van der Waals surface area contributed by atoms with Crippen LogP contribution >= 0.6 is 0 Å². The molecule has 0 amide bonds. The molecule has 0 radical (unpaired) electrons. The van der Waals surface area contributed by atoms with Crippen molar-refractivity contribution in [2.24, 2.45) is 23.4 Å². The topological polar surface area (TPSA) is 74.0 Å². The van der Waals surface area contributed by atoms with E-state index in [4.69, 9.17) is 41.9 Å². The molecule has 6 nitrogen and oxygen atoms in total. The second kappa shape index (κ2) is 9.56. The van der Waals surface area contributed by atoms with Gasteiger partial charge < -0.3 is 19.9 Å². The molecule has 0 aromatic heterocycles. The summed E-state index contributed by atoms with van der Waals surface area (Å²) < 4.78 is 197. The van der Waals surface area contributed by atoms with E-state index in [1.165, 1.54) is 13.8 Å². The third-order valence-electron chi connectivity index (χ3n) is 4.51. The van der Waals surface area contributed by atoms with E-state index in [1.807, 2.05) is 0 Å². The summed E-state index contributed by atoms with van der Waals surface area (Å²) >= 11 is 0. The van der Waals surface area contributed by atoms with Crippen molar-refractivity contribution in [3.05, 3.63) is 23.2 Å². The number of nitrogens with zero attached hydrogens (tertiary/aromatic N) is 1. The number of carbonyl (C=O) groups is 1. The second-order valence-electron chi connectivity index (χ2n) is 7.17. The van der Waals surface area contributed by atoms with Gasteiger partial charge in [0.05, 0.1) is 27.8 Å². The second-order valence-corrected chi connectivity index (χ2v) is 7.17. The summed E-state index contributed by atoms with van der Waals surface area (Å²) in [5.41, 5.74) is 4.18. The largest absolute Gasteiger partial charge is 0.493 e. The summed E-state index contributed by atoms with van der Waals surface area (Å²) in [6.45, 7) is -9.09. The van der Waals surface area contributed by atoms with E-state index in [2.05, 4.69) is 0 Å². The molecule has 30 heavy (non-hydrogen) atoms. The van der Waals surface area contributed by atoms with Crippen LogP contribution in [0.15, 0.2) is 12.1 Å². The van der Waals surface area contributed by atoms with Crippen LogP contribution in [0.4, 0.5) is 0 Å². The first-order valence-electron chi connectivity index (χ1n) is 20.1. The van der Waals surface area contributed by atoms with Crippen LogP contribution in [0.3, 0.4) is 0 Å². The van der Waals surface area contributed by atoms with Gasteiger partial charge in [0.1, 0.15) is 12.1 Å². The Bertz CT molecular complexity index is 1550. The maximum Gasteiger partial charge on any atom is 0.323 e. The fourth-order valence-electron chi connectivity index (χ4n) is 3.18. The molecule has 6 heteroatoms. The molecule has 0 saturated carbocycles. The highest BCUT2D eigenvalue weighted by Gasteiger charge is 2.41. The van der Waals surface area contributed by atoms with Crippen molar-refractivity contribution in [3.8, 4) is 11.5 Å². The Labute approximate surface area is 211 Å². The number of fused-ring (bicyclic) bond motifs is 3. The molecule has 0 bridgehead atoms. The third-order valence-corrected chi connectivity index (χ3v) is 4.51. The zero-order valence-corrected chi connectivity index (χ0v) is 16.4. The molecule has 3 rings (SSSR count). The molecule has 168 valence electrons. The molecule has 4 atom stereocenters. The van der Waals surface area contributed by atoms with Gasteiger partial charge in [0.15, 0.2) is 11.5 Å². The van der Waals surface area contributed by atoms with Gasteiger partial charge in [-0.25, -0.2) is 0 Å². The van der Waals surface area contributed by atoms with Crippen LogP contribution in [0.2, 0.25) is 0 Å². The van der Waals surface area contributed by atoms with Crippen LogP contribution < -0.4 is 15.2 Å². The van der Waals surface area contributed by atoms with E-state index in [-0.39, 0.29) is 0 Å². The van der Waals surface area contributed by atoms with Gasteiger partial charge in [-0.15, -0.1) is 0 Å². The van der Waals surface area contributed by atoms with Crippen molar-refractivity contribution in [1.29, 1.82) is 0 Å². The summed E-state index contributed by atoms with van der Waals surface area (Å²) in [5, 5.41) is 0. The van der Waals surface area contributed by atoms with E-state index in [0.29, 0.717) is 4.90 Å². The summed E-state index contributed by atoms with van der Waals surface area (Å²) in [7, 11) is -6.83. The molecule has 3 unspecified atom stereocenters. The van der Waals surface area contributed by atoms with Crippen LogP contribution in [0.25, 0.3) is 0 Å². The van der Waals surface area contributed by atoms with Crippen LogP contribution in [0, 0.1) is 17.7 Å². The van der Waals surface area contributed by atoms with Gasteiger partial charge in [-0.1, -0.05) is 27.6 Å². The van der Waals surface area contributed by atoms with Gasteiger partial charge in [-0.05, 0) is 47.9 Å². The fraction of sp³-hybridized carbons (Fsp3) is 0.708. The molecular weight excluding hydrogens is 380 g/mol. The Morgan fingerprint density at radius 3 is 2.80 bits per heavy atom. The number of esters is 1. The number of hydrogen-bond acceptors (Lipinski definition) is 6. The lowest BCUT2D eigenvalue weighted by atomic mass is 9.79. The number of carbonyl (C=O) groups excluding carboxylic acids is 1. The van der Waals surface area contributed by atoms with Crippen molar-refractivity contribution in [3.63, 3.8) is 0 Å². The zero-order valence-electron chi connectivity index (χ0n) is 38.4. The Morgan fingerprint density at radius 1 is 1.40 bits per heavy atom. The average Bonchev–Trinajstić information content (AvgIpc) is 2.91. The molecule has 1 aromatic carbocycles. The number of hydrogen-bond donors (Lipinski definition) is 1. The van der Waals surface area contributed by atoms with E-state index in [1.54, 1.807) is 0 Å². The highest BCUT2D eigenvalue weighted by Crippen LogP contribution is 2.44. The van der Waals surface area contributed by atoms with Crippen molar-refractivity contribution in [2.75, 3.05) is 27.1 Å². The van der Waals surface area contributed by atoms with E-state index >= 15 is 0 Å². The predicted octanol–water partition coefficient (Wildman–Crippen LogP) is 3.56. The first-order chi connectivity index (χ1) is 22.8. The normalized spacial score (nSPS) is 47.0. The van der Waals surface area contributed by atoms with Crippen LogP contribution in [-0.4, -0.2) is 50.1 Å². The maximum atomic E-state index is 13.7. The Morgan fingerprint density at radius 2 is 2.13 bits per heavy atom. The van der Waals surface area contributed by atoms with E-state index in [9.17, 15) is 13.0 Å². The highest BCUT2D eigenvalue weighted by atomic mass is 16.5. The zero-order chi connectivity index (χ0) is 41.0. The minimum atomic E-state index is -4.16. The summed E-state index contributed by atoms with van der Waals surface area (Å²) in [6, 6.07) is -9.75. The Balaban J connectivity index is 2.48. The van der Waals surface area contributed by atoms with Crippen molar-refractivity contribution >= 4 is 5.97 Å². The van der Waals surface area contributed by atoms with Gasteiger partial charge in [-0.3, -0.25) is 9.69 Å². The van der Waals surface area contributed by atoms with Crippen molar-refractivity contribution < 1.29 is 49.2 Å². The van der Waals surface area contributed by atoms with Gasteiger partial charge in [0.2, 0.25) is 0 Å². The standard InChI is InChI=1S/C24H38N2O4/c1-14(2)9-17-13-26-8-7-16-10-21(28-5)22(29-6)11-18(16)19(26)12-20(17)30-24(27)23(25)15(3)4/h10-11,14-15,17,19-20,23H,7-9,12-13,25H2,1-6H3/t17?,19?,20?,23-/m0/s1/i3D3,4D3,5D3,6D3,10D,11D,12D2,13D2,15D,17D,19D,23D. The SMILES string of the molecule is [2H]c1c2c(c([2H])c(OC([2H])([2H])[2H])c1OC([2H])([2H])[2H])C1([2H])N(CC2)C([2H])([2H])C([2H])(CC(C)C)C(OC(=O)[C@@]([2H])(N)C([2H])(C([2H])([2H])[2H])C([2H])([2H])[2H])C1([2H])[2H]. The summed E-state index contributed by atoms with van der Waals surface area (Å²) in [4.78, 5) is 14.2. The summed E-state index contributed by atoms with van der Waals surface area (Å²) in [5.74, 6) is -12.7. The molecule has 2 aliphatic heterocycles. The first kappa shape index (κ1) is 7.66. The Hall–Kier alpha value is -1.79. The molecular formula is C24H38N2O4. The van der Waals surface area contributed by atoms with Crippen LogP contribution in [-0.2, 0) is 16.0 Å². The van der Waals surface area contributed by atoms with Gasteiger partial charge >= 0.3 is 5.97 Å². The molecule has 2 N–H and O–H groups in total. The molecule has 0 aliphatic carbocycles. The first-order valence-corrected chi connectivity index (χ1v) is 9.11. The average molecular weight is 441 g/mol. The minimum absolute atomic E-state index is 0.471. The number of rotatable bonds is 7. The monoisotopic (exact) mass is 440 g/mol. The van der Waals surface area contributed by atoms with Gasteiger partial charge in [-0.2, -0.15) is 0 Å². The van der Waals surface area contributed by atoms with Crippen LogP contribution in [0.1, 0.15) is 87.6 Å². The molecule has 1 fully saturated rings. The highest BCUT2D eigenvalue weighted by molar-refractivity contribution is 5.76. The number of benzene rings is 1. The predicted molar refractivity (Wildman–Crippen MR) is 118 cm³/mol. The molecule has 2 aliphatic rings. The number of ether oxygens (including phenoxy) is 3. The molecule has 1 saturated heterocycles. The van der Waals surface area contributed by atoms with Crippen LogP contribution in [0.5, 0.6) is 11.5 Å². The molecule has 0 spiro atoms. The molecule has 1 aromatic rings. The van der Waals surface area contributed by atoms with E-state index < -0.39 is 137 Å². The number of methoxy groups -OCH3 is 2. The lowest BCUT2D eigenvalue weighted by Crippen LogP contribution is -2.51. The van der Waals surface area contributed by atoms with Gasteiger partial charge in [0.25, 0.3) is 0 Å². The van der Waals surface area contributed by atoms with Crippen molar-refractivity contribution in [1.82, 2.24) is 4.90 Å². The van der Waals surface area contributed by atoms with Gasteiger partial charge in [0, 0.05) is 47.8 Å². The lowest BCUT2D eigenvalue weighted by molar-refractivity contribution is -0.160.